The second kappa shape index (κ2) is 4.45. The number of carbonyl (C=O) groups is 1. The van der Waals surface area contributed by atoms with Gasteiger partial charge in [0.15, 0.2) is 0 Å². The summed E-state index contributed by atoms with van der Waals surface area (Å²) in [4.78, 5) is 13.3. The van der Waals surface area contributed by atoms with Crippen LogP contribution in [0.5, 0.6) is 0 Å². The first-order chi connectivity index (χ1) is 7.27. The Kier molecular flexibility index (Phi) is 3.02. The molecular weight excluding hydrogens is 190 g/mol. The van der Waals surface area contributed by atoms with Crippen molar-refractivity contribution < 1.29 is 9.90 Å². The van der Waals surface area contributed by atoms with Crippen molar-refractivity contribution in [3.05, 3.63) is 35.9 Å². The van der Waals surface area contributed by atoms with Crippen molar-refractivity contribution in [2.45, 2.75) is 25.5 Å². The van der Waals surface area contributed by atoms with Gasteiger partial charge in [-0.3, -0.25) is 4.79 Å². The molecule has 2 rings (SSSR count). The first kappa shape index (κ1) is 10.2. The molecule has 0 spiro atoms. The van der Waals surface area contributed by atoms with Crippen molar-refractivity contribution in [1.29, 1.82) is 0 Å². The third-order valence-corrected chi connectivity index (χ3v) is 2.72. The summed E-state index contributed by atoms with van der Waals surface area (Å²) < 4.78 is 0. The van der Waals surface area contributed by atoms with Crippen LogP contribution in [-0.4, -0.2) is 28.6 Å². The molecule has 1 aliphatic rings. The fourth-order valence-corrected chi connectivity index (χ4v) is 1.88. The Hall–Kier alpha value is -1.35. The molecule has 1 aromatic carbocycles. The summed E-state index contributed by atoms with van der Waals surface area (Å²) in [5.41, 5.74) is 1.11. The van der Waals surface area contributed by atoms with Gasteiger partial charge in [-0.15, -0.1) is 0 Å². The van der Waals surface area contributed by atoms with Crippen LogP contribution in [0.25, 0.3) is 0 Å². The van der Waals surface area contributed by atoms with E-state index in [0.717, 1.165) is 18.5 Å². The summed E-state index contributed by atoms with van der Waals surface area (Å²) in [6.45, 7) is 1.36. The van der Waals surface area contributed by atoms with Gasteiger partial charge >= 0.3 is 0 Å². The molecule has 3 nitrogen and oxygen atoms in total. The van der Waals surface area contributed by atoms with Crippen LogP contribution in [0.15, 0.2) is 30.3 Å². The SMILES string of the molecule is O=C1[C@H](O)CCCN1Cc1ccccc1. The molecule has 1 atom stereocenters. The van der Waals surface area contributed by atoms with Crippen molar-refractivity contribution in [2.75, 3.05) is 6.54 Å². The van der Waals surface area contributed by atoms with Crippen molar-refractivity contribution in [2.24, 2.45) is 0 Å². The second-order valence-corrected chi connectivity index (χ2v) is 3.90. The summed E-state index contributed by atoms with van der Waals surface area (Å²) in [6.07, 6.45) is 0.701. The monoisotopic (exact) mass is 205 g/mol. The number of rotatable bonds is 2. The van der Waals surface area contributed by atoms with E-state index in [1.54, 1.807) is 4.90 Å². The van der Waals surface area contributed by atoms with E-state index in [2.05, 4.69) is 0 Å². The number of amides is 1. The van der Waals surface area contributed by atoms with Gasteiger partial charge in [0, 0.05) is 13.1 Å². The number of likely N-dealkylation sites (tertiary alicyclic amines) is 1. The maximum absolute atomic E-state index is 11.6. The minimum absolute atomic E-state index is 0.134. The van der Waals surface area contributed by atoms with Crippen LogP contribution < -0.4 is 0 Å². The number of benzene rings is 1. The normalized spacial score (nSPS) is 21.8. The lowest BCUT2D eigenvalue weighted by Crippen LogP contribution is -2.43. The highest BCUT2D eigenvalue weighted by molar-refractivity contribution is 5.81. The Morgan fingerprint density at radius 1 is 1.33 bits per heavy atom. The molecule has 1 N–H and O–H groups in total. The average Bonchev–Trinajstić information content (AvgIpc) is 2.26. The van der Waals surface area contributed by atoms with Gasteiger partial charge in [-0.1, -0.05) is 30.3 Å². The van der Waals surface area contributed by atoms with Gasteiger partial charge in [0.25, 0.3) is 5.91 Å². The van der Waals surface area contributed by atoms with Gasteiger partial charge in [-0.2, -0.15) is 0 Å². The Labute approximate surface area is 89.3 Å². The highest BCUT2D eigenvalue weighted by atomic mass is 16.3. The van der Waals surface area contributed by atoms with E-state index in [-0.39, 0.29) is 5.91 Å². The van der Waals surface area contributed by atoms with E-state index in [9.17, 15) is 9.90 Å². The van der Waals surface area contributed by atoms with E-state index in [1.165, 1.54) is 0 Å². The van der Waals surface area contributed by atoms with Gasteiger partial charge in [0.05, 0.1) is 0 Å². The highest BCUT2D eigenvalue weighted by Crippen LogP contribution is 2.14. The van der Waals surface area contributed by atoms with Crippen LogP contribution in [0.1, 0.15) is 18.4 Å². The number of hydrogen-bond donors (Lipinski definition) is 1. The second-order valence-electron chi connectivity index (χ2n) is 3.90. The molecule has 0 unspecified atom stereocenters. The van der Waals surface area contributed by atoms with Crippen LogP contribution in [0, 0.1) is 0 Å². The molecule has 1 aromatic rings. The van der Waals surface area contributed by atoms with E-state index < -0.39 is 6.10 Å². The molecule has 0 aliphatic carbocycles. The number of aliphatic hydroxyl groups excluding tert-OH is 1. The van der Waals surface area contributed by atoms with Gasteiger partial charge < -0.3 is 10.0 Å². The zero-order valence-corrected chi connectivity index (χ0v) is 8.60. The van der Waals surface area contributed by atoms with Crippen LogP contribution in [-0.2, 0) is 11.3 Å². The zero-order chi connectivity index (χ0) is 10.7. The molecule has 1 aliphatic heterocycles. The van der Waals surface area contributed by atoms with Crippen LogP contribution in [0.3, 0.4) is 0 Å². The lowest BCUT2D eigenvalue weighted by molar-refractivity contribution is -0.144. The Morgan fingerprint density at radius 2 is 2.07 bits per heavy atom. The largest absolute Gasteiger partial charge is 0.383 e. The standard InChI is InChI=1S/C12H15NO2/c14-11-7-4-8-13(12(11)15)9-10-5-2-1-3-6-10/h1-3,5-6,11,14H,4,7-9H2/t11-/m1/s1. The van der Waals surface area contributed by atoms with Gasteiger partial charge in [-0.05, 0) is 18.4 Å². The summed E-state index contributed by atoms with van der Waals surface area (Å²) in [5.74, 6) is -0.134. The molecule has 1 amide bonds. The van der Waals surface area contributed by atoms with E-state index >= 15 is 0 Å². The molecule has 1 fully saturated rings. The van der Waals surface area contributed by atoms with Gasteiger partial charge in [0.1, 0.15) is 6.10 Å². The van der Waals surface area contributed by atoms with Crippen molar-refractivity contribution in [1.82, 2.24) is 4.90 Å². The summed E-state index contributed by atoms with van der Waals surface area (Å²) in [6, 6.07) is 9.86. The molecule has 0 saturated carbocycles. The molecule has 3 heteroatoms. The predicted octanol–water partition coefficient (Wildman–Crippen LogP) is 1.17. The first-order valence-electron chi connectivity index (χ1n) is 5.28. The molecule has 0 aromatic heterocycles. The fraction of sp³-hybridized carbons (Fsp3) is 0.417. The number of carbonyl (C=O) groups excluding carboxylic acids is 1. The number of nitrogens with zero attached hydrogens (tertiary/aromatic N) is 1. The van der Waals surface area contributed by atoms with Crippen LogP contribution >= 0.6 is 0 Å². The number of aliphatic hydroxyl groups is 1. The smallest absolute Gasteiger partial charge is 0.251 e. The molecular formula is C12H15NO2. The van der Waals surface area contributed by atoms with Crippen molar-refractivity contribution >= 4 is 5.91 Å². The quantitative estimate of drug-likeness (QED) is 0.787. The maximum atomic E-state index is 11.6. The summed E-state index contributed by atoms with van der Waals surface area (Å²) in [5, 5.41) is 9.43. The Bertz CT molecular complexity index is 337. The third kappa shape index (κ3) is 2.36. The molecule has 0 radical (unpaired) electrons. The summed E-state index contributed by atoms with van der Waals surface area (Å²) in [7, 11) is 0. The highest BCUT2D eigenvalue weighted by Gasteiger charge is 2.26. The molecule has 1 heterocycles. The molecule has 15 heavy (non-hydrogen) atoms. The first-order valence-corrected chi connectivity index (χ1v) is 5.28. The van der Waals surface area contributed by atoms with Crippen LogP contribution in [0.4, 0.5) is 0 Å². The third-order valence-electron chi connectivity index (χ3n) is 2.72. The fourth-order valence-electron chi connectivity index (χ4n) is 1.88. The molecule has 1 saturated heterocycles. The van der Waals surface area contributed by atoms with Gasteiger partial charge in [0.2, 0.25) is 0 Å². The van der Waals surface area contributed by atoms with E-state index in [1.807, 2.05) is 30.3 Å². The predicted molar refractivity (Wildman–Crippen MR) is 57.1 cm³/mol. The Morgan fingerprint density at radius 3 is 2.80 bits per heavy atom. The lowest BCUT2D eigenvalue weighted by atomic mass is 10.1. The maximum Gasteiger partial charge on any atom is 0.251 e. The van der Waals surface area contributed by atoms with Gasteiger partial charge in [-0.25, -0.2) is 0 Å². The topological polar surface area (TPSA) is 40.5 Å². The van der Waals surface area contributed by atoms with Crippen molar-refractivity contribution in [3.8, 4) is 0 Å². The summed E-state index contributed by atoms with van der Waals surface area (Å²) >= 11 is 0. The number of hydrogen-bond acceptors (Lipinski definition) is 2. The molecule has 80 valence electrons. The lowest BCUT2D eigenvalue weighted by Gasteiger charge is -2.29. The average molecular weight is 205 g/mol. The number of piperidine rings is 1. The minimum atomic E-state index is -0.789. The van der Waals surface area contributed by atoms with Crippen molar-refractivity contribution in [3.63, 3.8) is 0 Å². The van der Waals surface area contributed by atoms with E-state index in [0.29, 0.717) is 13.0 Å². The Balaban J connectivity index is 2.03. The minimum Gasteiger partial charge on any atom is -0.383 e. The van der Waals surface area contributed by atoms with Crippen LogP contribution in [0.2, 0.25) is 0 Å². The zero-order valence-electron chi connectivity index (χ0n) is 8.60. The van der Waals surface area contributed by atoms with E-state index in [4.69, 9.17) is 0 Å². The molecule has 0 bridgehead atoms.